The van der Waals surface area contributed by atoms with Crippen molar-refractivity contribution >= 4 is 33.4 Å². The minimum absolute atomic E-state index is 0.00927. The monoisotopic (exact) mass is 464 g/mol. The average molecular weight is 465 g/mol. The minimum Gasteiger partial charge on any atom is -0.478 e. The molecule has 3 aromatic heterocycles. The first kappa shape index (κ1) is 22.2. The average Bonchev–Trinajstić information content (AvgIpc) is 3.27. The van der Waals surface area contributed by atoms with Crippen LogP contribution < -0.4 is 16.6 Å². The summed E-state index contributed by atoms with van der Waals surface area (Å²) in [5.74, 6) is -1.37. The Labute approximate surface area is 191 Å². The van der Waals surface area contributed by atoms with Gasteiger partial charge in [0.25, 0.3) is 11.5 Å². The van der Waals surface area contributed by atoms with Crippen molar-refractivity contribution < 1.29 is 14.7 Å². The van der Waals surface area contributed by atoms with Gasteiger partial charge >= 0.3 is 11.7 Å². The van der Waals surface area contributed by atoms with Crippen LogP contribution in [0.25, 0.3) is 10.2 Å². The molecule has 0 saturated carbocycles. The van der Waals surface area contributed by atoms with Gasteiger partial charge in [-0.1, -0.05) is 12.1 Å². The second-order valence-electron chi connectivity index (χ2n) is 7.43. The third-order valence-corrected chi connectivity index (χ3v) is 6.43. The number of carbonyl (C=O) groups excluding carboxylic acids is 1. The van der Waals surface area contributed by atoms with E-state index in [1.165, 1.54) is 22.8 Å². The normalized spacial score (nSPS) is 10.9. The molecule has 10 heteroatoms. The molecule has 0 saturated heterocycles. The number of hydrogen-bond acceptors (Lipinski definition) is 6. The number of carboxylic acid groups (broad SMARTS) is 1. The van der Waals surface area contributed by atoms with Crippen molar-refractivity contribution in [2.45, 2.75) is 13.0 Å². The topological polar surface area (TPSA) is 123 Å². The summed E-state index contributed by atoms with van der Waals surface area (Å²) in [5.41, 5.74) is 0.766. The van der Waals surface area contributed by atoms with E-state index < -0.39 is 17.2 Å². The molecule has 33 heavy (non-hydrogen) atoms. The Kier molecular flexibility index (Phi) is 6.18. The Morgan fingerprint density at radius 1 is 1.06 bits per heavy atom. The number of aromatic nitrogens is 3. The predicted octanol–water partition coefficient (Wildman–Crippen LogP) is 1.88. The molecule has 0 radical (unpaired) electrons. The molecule has 1 amide bonds. The lowest BCUT2D eigenvalue weighted by Crippen LogP contribution is -2.38. The highest BCUT2D eigenvalue weighted by Crippen LogP contribution is 2.21. The van der Waals surface area contributed by atoms with Crippen LogP contribution in [0.2, 0.25) is 0 Å². The molecule has 4 rings (SSSR count). The summed E-state index contributed by atoms with van der Waals surface area (Å²) >= 11 is 1.09. The van der Waals surface area contributed by atoms with Gasteiger partial charge in [-0.25, -0.2) is 9.59 Å². The van der Waals surface area contributed by atoms with E-state index in [0.29, 0.717) is 28.2 Å². The van der Waals surface area contributed by atoms with Crippen molar-refractivity contribution in [3.05, 3.63) is 97.3 Å². The summed E-state index contributed by atoms with van der Waals surface area (Å²) in [4.78, 5) is 54.2. The molecule has 0 aliphatic rings. The molecule has 1 aromatic carbocycles. The number of aryl methyl sites for hydroxylation is 1. The molecule has 0 aliphatic carbocycles. The summed E-state index contributed by atoms with van der Waals surface area (Å²) in [6, 6.07) is 11.2. The van der Waals surface area contributed by atoms with Crippen LogP contribution in [0, 0.1) is 0 Å². The fraction of sp³-hybridized carbons (Fsp3) is 0.174. The quantitative estimate of drug-likeness (QED) is 0.430. The number of nitrogens with one attached hydrogen (secondary N) is 1. The van der Waals surface area contributed by atoms with Crippen LogP contribution in [0.3, 0.4) is 0 Å². The van der Waals surface area contributed by atoms with Gasteiger partial charge < -0.3 is 10.4 Å². The van der Waals surface area contributed by atoms with Gasteiger partial charge in [-0.15, -0.1) is 11.3 Å². The Morgan fingerprint density at radius 2 is 1.76 bits per heavy atom. The minimum atomic E-state index is -1.05. The number of thiophene rings is 1. The maximum atomic E-state index is 13.0. The van der Waals surface area contributed by atoms with Crippen LogP contribution in [0.15, 0.2) is 64.4 Å². The molecule has 0 spiro atoms. The molecule has 0 unspecified atom stereocenters. The zero-order chi connectivity index (χ0) is 23.5. The molecule has 168 valence electrons. The number of nitrogens with zero attached hydrogens (tertiary/aromatic N) is 3. The maximum absolute atomic E-state index is 13.0. The lowest BCUT2D eigenvalue weighted by Gasteiger charge is -2.08. The zero-order valence-corrected chi connectivity index (χ0v) is 18.5. The van der Waals surface area contributed by atoms with Gasteiger partial charge in [0, 0.05) is 26.0 Å². The molecule has 4 aromatic rings. The Morgan fingerprint density at radius 3 is 2.42 bits per heavy atom. The number of hydrogen-bond donors (Lipinski definition) is 2. The van der Waals surface area contributed by atoms with E-state index in [1.54, 1.807) is 31.6 Å². The van der Waals surface area contributed by atoms with Crippen molar-refractivity contribution in [3.63, 3.8) is 0 Å². The summed E-state index contributed by atoms with van der Waals surface area (Å²) in [5, 5.41) is 12.1. The molecule has 3 heterocycles. The third kappa shape index (κ3) is 4.60. The fourth-order valence-electron chi connectivity index (χ4n) is 3.43. The summed E-state index contributed by atoms with van der Waals surface area (Å²) in [6.07, 6.45) is 4.02. The predicted molar refractivity (Wildman–Crippen MR) is 124 cm³/mol. The first-order chi connectivity index (χ1) is 15.8. The van der Waals surface area contributed by atoms with Gasteiger partial charge in [-0.3, -0.25) is 23.7 Å². The number of carbonyl (C=O) groups is 2. The van der Waals surface area contributed by atoms with E-state index in [2.05, 4.69) is 10.3 Å². The van der Waals surface area contributed by atoms with E-state index in [4.69, 9.17) is 5.11 Å². The van der Waals surface area contributed by atoms with E-state index in [9.17, 15) is 19.2 Å². The van der Waals surface area contributed by atoms with Gasteiger partial charge in [0.1, 0.15) is 4.83 Å². The molecule has 0 fully saturated rings. The number of benzene rings is 1. The highest BCUT2D eigenvalue weighted by Gasteiger charge is 2.18. The first-order valence-electron chi connectivity index (χ1n) is 10.1. The van der Waals surface area contributed by atoms with Crippen LogP contribution in [-0.4, -0.2) is 37.6 Å². The Bertz CT molecular complexity index is 1450. The Hall–Kier alpha value is -4.05. The highest BCUT2D eigenvalue weighted by atomic mass is 32.1. The van der Waals surface area contributed by atoms with Gasteiger partial charge in [-0.05, 0) is 47.9 Å². The number of pyridine rings is 1. The second kappa shape index (κ2) is 9.21. The molecule has 0 bridgehead atoms. The van der Waals surface area contributed by atoms with Crippen molar-refractivity contribution in [2.75, 3.05) is 6.54 Å². The van der Waals surface area contributed by atoms with Gasteiger partial charge in [0.05, 0.1) is 22.4 Å². The van der Waals surface area contributed by atoms with E-state index in [0.717, 1.165) is 21.5 Å². The summed E-state index contributed by atoms with van der Waals surface area (Å²) in [6.45, 7) is 0.414. The van der Waals surface area contributed by atoms with Gasteiger partial charge in [0.2, 0.25) is 0 Å². The number of fused-ring (bicyclic) bond motifs is 1. The van der Waals surface area contributed by atoms with E-state index in [-0.39, 0.29) is 23.4 Å². The third-order valence-electron chi connectivity index (χ3n) is 5.22. The first-order valence-corrected chi connectivity index (χ1v) is 10.9. The van der Waals surface area contributed by atoms with Crippen molar-refractivity contribution in [2.24, 2.45) is 7.05 Å². The van der Waals surface area contributed by atoms with Crippen LogP contribution >= 0.6 is 11.3 Å². The lowest BCUT2D eigenvalue weighted by atomic mass is 10.1. The number of amides is 1. The van der Waals surface area contributed by atoms with Crippen LogP contribution in [-0.2, 0) is 20.0 Å². The number of carboxylic acids is 1. The SMILES string of the molecule is Cn1c(=O)n(Cc2ccc(C(=O)O)cc2)c(=O)c2cc(C(=O)NCCc3ccncc3)sc21. The zero-order valence-electron chi connectivity index (χ0n) is 17.6. The smallest absolute Gasteiger partial charge is 0.335 e. The number of rotatable bonds is 7. The maximum Gasteiger partial charge on any atom is 0.335 e. The van der Waals surface area contributed by atoms with E-state index in [1.807, 2.05) is 12.1 Å². The number of aromatic carboxylic acids is 1. The van der Waals surface area contributed by atoms with Crippen molar-refractivity contribution in [1.82, 2.24) is 19.4 Å². The largest absolute Gasteiger partial charge is 0.478 e. The summed E-state index contributed by atoms with van der Waals surface area (Å²) < 4.78 is 2.43. The molecular formula is C23H20N4O5S. The van der Waals surface area contributed by atoms with Crippen molar-refractivity contribution in [3.8, 4) is 0 Å². The highest BCUT2D eigenvalue weighted by molar-refractivity contribution is 7.20. The molecular weight excluding hydrogens is 444 g/mol. The van der Waals surface area contributed by atoms with Gasteiger partial charge in [-0.2, -0.15) is 0 Å². The van der Waals surface area contributed by atoms with Crippen LogP contribution in [0.1, 0.15) is 31.2 Å². The van der Waals surface area contributed by atoms with Crippen molar-refractivity contribution in [1.29, 1.82) is 0 Å². The second-order valence-corrected chi connectivity index (χ2v) is 8.46. The van der Waals surface area contributed by atoms with Gasteiger partial charge in [0.15, 0.2) is 0 Å². The van der Waals surface area contributed by atoms with Crippen LogP contribution in [0.5, 0.6) is 0 Å². The van der Waals surface area contributed by atoms with Crippen LogP contribution in [0.4, 0.5) is 0 Å². The molecule has 2 N–H and O–H groups in total. The molecule has 0 aliphatic heterocycles. The Balaban J connectivity index is 1.58. The lowest BCUT2D eigenvalue weighted by molar-refractivity contribution is 0.0696. The van der Waals surface area contributed by atoms with E-state index >= 15 is 0 Å². The summed E-state index contributed by atoms with van der Waals surface area (Å²) in [7, 11) is 1.55. The fourth-order valence-corrected chi connectivity index (χ4v) is 4.45. The molecule has 9 nitrogen and oxygen atoms in total. The standard InChI is InChI=1S/C23H20N4O5S/c1-26-21-17(12-18(33-21)19(28)25-11-8-14-6-9-24-10-7-14)20(29)27(23(26)32)13-15-2-4-16(5-3-15)22(30)31/h2-7,9-10,12H,8,11,13H2,1H3,(H,25,28)(H,30,31). The molecule has 0 atom stereocenters.